The molecule has 14 heavy (non-hydrogen) atoms. The van der Waals surface area contributed by atoms with Crippen LogP contribution in [-0.2, 0) is 0 Å². The molecule has 1 aromatic rings. The summed E-state index contributed by atoms with van der Waals surface area (Å²) in [5, 5.41) is 8.65. The Bertz CT molecular complexity index is 333. The fraction of sp³-hybridized carbons (Fsp3) is 0.333. The van der Waals surface area contributed by atoms with Crippen LogP contribution in [0.25, 0.3) is 0 Å². The van der Waals surface area contributed by atoms with Crippen molar-refractivity contribution >= 4 is 11.6 Å². The van der Waals surface area contributed by atoms with Crippen LogP contribution in [-0.4, -0.2) is 18.8 Å². The number of hydrogen-bond donors (Lipinski definition) is 2. The summed E-state index contributed by atoms with van der Waals surface area (Å²) in [6.07, 6.45) is 0. The van der Waals surface area contributed by atoms with Crippen LogP contribution in [0.4, 0.5) is 4.39 Å². The number of halogens is 2. The van der Waals surface area contributed by atoms with Crippen LogP contribution < -0.4 is 10.5 Å². The SMILES string of the molecule is COc1ccc(C(N)CO)c(F)c1Cl. The summed E-state index contributed by atoms with van der Waals surface area (Å²) in [5.41, 5.74) is 5.65. The molecule has 3 N–H and O–H groups in total. The number of rotatable bonds is 3. The molecule has 0 aliphatic rings. The Morgan fingerprint density at radius 1 is 1.64 bits per heavy atom. The van der Waals surface area contributed by atoms with Gasteiger partial charge < -0.3 is 15.6 Å². The number of aliphatic hydroxyl groups is 1. The highest BCUT2D eigenvalue weighted by molar-refractivity contribution is 6.32. The first-order valence-corrected chi connectivity index (χ1v) is 4.38. The third kappa shape index (κ3) is 1.97. The Kier molecular flexibility index (Phi) is 3.69. The summed E-state index contributed by atoms with van der Waals surface area (Å²) < 4.78 is 18.3. The number of benzene rings is 1. The summed E-state index contributed by atoms with van der Waals surface area (Å²) >= 11 is 5.66. The zero-order valence-corrected chi connectivity index (χ0v) is 8.38. The smallest absolute Gasteiger partial charge is 0.150 e. The van der Waals surface area contributed by atoms with Gasteiger partial charge in [-0.05, 0) is 6.07 Å². The molecule has 0 fully saturated rings. The fourth-order valence-electron chi connectivity index (χ4n) is 1.09. The van der Waals surface area contributed by atoms with Crippen LogP contribution in [0, 0.1) is 5.82 Å². The second-order valence-electron chi connectivity index (χ2n) is 2.77. The highest BCUT2D eigenvalue weighted by atomic mass is 35.5. The molecule has 0 heterocycles. The van der Waals surface area contributed by atoms with Gasteiger partial charge in [0.05, 0.1) is 19.8 Å². The Labute approximate surface area is 86.2 Å². The molecule has 1 rings (SSSR count). The van der Waals surface area contributed by atoms with Gasteiger partial charge in [-0.25, -0.2) is 4.39 Å². The molecule has 1 unspecified atom stereocenters. The third-order valence-electron chi connectivity index (χ3n) is 1.89. The van der Waals surface area contributed by atoms with Crippen molar-refractivity contribution in [2.24, 2.45) is 5.73 Å². The average Bonchev–Trinajstić information content (AvgIpc) is 2.21. The van der Waals surface area contributed by atoms with Gasteiger partial charge in [0.2, 0.25) is 0 Å². The molecular formula is C9H11ClFNO2. The predicted molar refractivity (Wildman–Crippen MR) is 52.0 cm³/mol. The number of nitrogens with two attached hydrogens (primary N) is 1. The second kappa shape index (κ2) is 4.59. The van der Waals surface area contributed by atoms with Gasteiger partial charge in [0.25, 0.3) is 0 Å². The van der Waals surface area contributed by atoms with Crippen LogP contribution in [0.5, 0.6) is 5.75 Å². The normalized spacial score (nSPS) is 12.6. The topological polar surface area (TPSA) is 55.5 Å². The standard InChI is InChI=1S/C9H11ClFNO2/c1-14-7-3-2-5(6(12)4-13)9(11)8(7)10/h2-3,6,13H,4,12H2,1H3. The van der Waals surface area contributed by atoms with Crippen molar-refractivity contribution in [1.29, 1.82) is 0 Å². The van der Waals surface area contributed by atoms with Gasteiger partial charge in [0.1, 0.15) is 16.6 Å². The maximum atomic E-state index is 13.5. The minimum absolute atomic E-state index is 0.117. The van der Waals surface area contributed by atoms with Crippen molar-refractivity contribution in [1.82, 2.24) is 0 Å². The molecule has 0 saturated heterocycles. The molecular weight excluding hydrogens is 209 g/mol. The van der Waals surface area contributed by atoms with Gasteiger partial charge in [-0.1, -0.05) is 17.7 Å². The second-order valence-corrected chi connectivity index (χ2v) is 3.15. The molecule has 5 heteroatoms. The lowest BCUT2D eigenvalue weighted by molar-refractivity contribution is 0.265. The minimum atomic E-state index is -0.765. The van der Waals surface area contributed by atoms with Gasteiger partial charge in [-0.15, -0.1) is 0 Å². The lowest BCUT2D eigenvalue weighted by Gasteiger charge is -2.12. The van der Waals surface area contributed by atoms with Gasteiger partial charge in [-0.2, -0.15) is 0 Å². The van der Waals surface area contributed by atoms with Crippen molar-refractivity contribution < 1.29 is 14.2 Å². The maximum absolute atomic E-state index is 13.5. The van der Waals surface area contributed by atoms with E-state index in [2.05, 4.69) is 0 Å². The zero-order chi connectivity index (χ0) is 10.7. The van der Waals surface area contributed by atoms with E-state index < -0.39 is 11.9 Å². The first kappa shape index (κ1) is 11.2. The summed E-state index contributed by atoms with van der Waals surface area (Å²) in [6, 6.07) is 2.19. The molecule has 3 nitrogen and oxygen atoms in total. The van der Waals surface area contributed by atoms with E-state index in [-0.39, 0.29) is 22.9 Å². The fourth-order valence-corrected chi connectivity index (χ4v) is 1.34. The molecule has 1 aromatic carbocycles. The molecule has 0 saturated carbocycles. The van der Waals surface area contributed by atoms with Gasteiger partial charge in [-0.3, -0.25) is 0 Å². The van der Waals surface area contributed by atoms with E-state index in [1.54, 1.807) is 0 Å². The lowest BCUT2D eigenvalue weighted by atomic mass is 10.1. The van der Waals surface area contributed by atoms with Crippen LogP contribution in [0.15, 0.2) is 12.1 Å². The zero-order valence-electron chi connectivity index (χ0n) is 7.63. The molecule has 0 spiro atoms. The summed E-state index contributed by atoms with van der Waals surface area (Å²) in [6.45, 7) is -0.334. The number of methoxy groups -OCH3 is 1. The van der Waals surface area contributed by atoms with E-state index in [0.717, 1.165) is 0 Å². The Morgan fingerprint density at radius 3 is 2.79 bits per heavy atom. The van der Waals surface area contributed by atoms with Crippen LogP contribution in [0.1, 0.15) is 11.6 Å². The van der Waals surface area contributed by atoms with E-state index in [4.69, 9.17) is 27.2 Å². The molecule has 78 valence electrons. The predicted octanol–water partition coefficient (Wildman–Crippen LogP) is 1.48. The van der Waals surface area contributed by atoms with E-state index >= 15 is 0 Å². The highest BCUT2D eigenvalue weighted by Crippen LogP contribution is 2.31. The highest BCUT2D eigenvalue weighted by Gasteiger charge is 2.16. The summed E-state index contributed by atoms with van der Waals surface area (Å²) in [5.74, 6) is -0.398. The van der Waals surface area contributed by atoms with Crippen LogP contribution in [0.3, 0.4) is 0 Å². The van der Waals surface area contributed by atoms with E-state index in [1.165, 1.54) is 19.2 Å². The Morgan fingerprint density at radius 2 is 2.29 bits per heavy atom. The van der Waals surface area contributed by atoms with E-state index in [1.807, 2.05) is 0 Å². The summed E-state index contributed by atoms with van der Waals surface area (Å²) in [4.78, 5) is 0. The van der Waals surface area contributed by atoms with E-state index in [0.29, 0.717) is 0 Å². The van der Waals surface area contributed by atoms with Crippen LogP contribution >= 0.6 is 11.6 Å². The number of aliphatic hydroxyl groups excluding tert-OH is 1. The lowest BCUT2D eigenvalue weighted by Crippen LogP contribution is -2.16. The Balaban J connectivity index is 3.17. The van der Waals surface area contributed by atoms with Crippen LogP contribution in [0.2, 0.25) is 5.02 Å². The van der Waals surface area contributed by atoms with Crippen molar-refractivity contribution in [3.8, 4) is 5.75 Å². The summed E-state index contributed by atoms with van der Waals surface area (Å²) in [7, 11) is 1.40. The molecule has 0 aliphatic carbocycles. The monoisotopic (exact) mass is 219 g/mol. The minimum Gasteiger partial charge on any atom is -0.495 e. The molecule has 1 atom stereocenters. The van der Waals surface area contributed by atoms with Crippen molar-refractivity contribution in [3.05, 3.63) is 28.5 Å². The molecule has 0 aliphatic heterocycles. The maximum Gasteiger partial charge on any atom is 0.150 e. The van der Waals surface area contributed by atoms with Gasteiger partial charge >= 0.3 is 0 Å². The quantitative estimate of drug-likeness (QED) is 0.810. The molecule has 0 radical (unpaired) electrons. The van der Waals surface area contributed by atoms with Crippen molar-refractivity contribution in [2.45, 2.75) is 6.04 Å². The Hall–Kier alpha value is -0.840. The largest absolute Gasteiger partial charge is 0.495 e. The third-order valence-corrected chi connectivity index (χ3v) is 2.25. The van der Waals surface area contributed by atoms with Gasteiger partial charge in [0, 0.05) is 5.56 Å². The van der Waals surface area contributed by atoms with Crippen molar-refractivity contribution in [3.63, 3.8) is 0 Å². The average molecular weight is 220 g/mol. The number of hydrogen-bond acceptors (Lipinski definition) is 3. The molecule has 0 amide bonds. The van der Waals surface area contributed by atoms with E-state index in [9.17, 15) is 4.39 Å². The molecule has 0 aromatic heterocycles. The number of ether oxygens (including phenoxy) is 1. The first-order valence-electron chi connectivity index (χ1n) is 4.00. The van der Waals surface area contributed by atoms with Crippen molar-refractivity contribution in [2.75, 3.05) is 13.7 Å². The molecule has 0 bridgehead atoms. The first-order chi connectivity index (χ1) is 6.61. The van der Waals surface area contributed by atoms with Gasteiger partial charge in [0.15, 0.2) is 0 Å².